The average Bonchev–Trinajstić information content (AvgIpc) is 3.14. The van der Waals surface area contributed by atoms with Crippen molar-refractivity contribution in [1.29, 1.82) is 0 Å². The van der Waals surface area contributed by atoms with Crippen LogP contribution in [0.3, 0.4) is 0 Å². The zero-order valence-electron chi connectivity index (χ0n) is 14.7. The highest BCUT2D eigenvalue weighted by molar-refractivity contribution is 5.76. The van der Waals surface area contributed by atoms with Crippen LogP contribution in [0, 0.1) is 0 Å². The van der Waals surface area contributed by atoms with Crippen LogP contribution >= 0.6 is 0 Å². The number of amides is 1. The van der Waals surface area contributed by atoms with Crippen LogP contribution in [0.4, 0.5) is 0 Å². The Morgan fingerprint density at radius 3 is 3.00 bits per heavy atom. The lowest BCUT2D eigenvalue weighted by Gasteiger charge is -2.32. The fourth-order valence-corrected chi connectivity index (χ4v) is 3.02. The Bertz CT molecular complexity index is 672. The Morgan fingerprint density at radius 2 is 2.20 bits per heavy atom. The van der Waals surface area contributed by atoms with E-state index < -0.39 is 0 Å². The number of likely N-dealkylation sites (tertiary alicyclic amines) is 1. The predicted octanol–water partition coefficient (Wildman–Crippen LogP) is 3.09. The van der Waals surface area contributed by atoms with E-state index >= 15 is 0 Å². The van der Waals surface area contributed by atoms with Crippen LogP contribution in [0.15, 0.2) is 34.9 Å². The van der Waals surface area contributed by atoms with Gasteiger partial charge in [-0.3, -0.25) is 4.79 Å². The fraction of sp³-hybridized carbons (Fsp3) is 0.526. The van der Waals surface area contributed by atoms with Crippen molar-refractivity contribution in [3.63, 3.8) is 0 Å². The number of benzene rings is 1. The Kier molecular flexibility index (Phi) is 6.17. The summed E-state index contributed by atoms with van der Waals surface area (Å²) in [7, 11) is 0. The molecule has 6 heteroatoms. The number of aryl methyl sites for hydroxylation is 1. The number of ether oxygens (including phenoxy) is 1. The molecule has 2 heterocycles. The van der Waals surface area contributed by atoms with Crippen molar-refractivity contribution in [1.82, 2.24) is 15.0 Å². The van der Waals surface area contributed by atoms with E-state index in [1.165, 1.54) is 0 Å². The molecule has 0 radical (unpaired) electrons. The molecule has 1 aliphatic heterocycles. The molecule has 25 heavy (non-hydrogen) atoms. The minimum Gasteiger partial charge on any atom is -0.376 e. The van der Waals surface area contributed by atoms with Crippen molar-refractivity contribution in [2.75, 3.05) is 19.7 Å². The molecular weight excluding hydrogens is 318 g/mol. The molecule has 1 aromatic carbocycles. The summed E-state index contributed by atoms with van der Waals surface area (Å²) in [5.41, 5.74) is 0.913. The Morgan fingerprint density at radius 1 is 1.36 bits per heavy atom. The van der Waals surface area contributed by atoms with Crippen LogP contribution in [0.2, 0.25) is 0 Å². The van der Waals surface area contributed by atoms with Gasteiger partial charge < -0.3 is 14.2 Å². The molecule has 0 bridgehead atoms. The summed E-state index contributed by atoms with van der Waals surface area (Å²) in [6, 6.07) is 9.68. The number of carbonyl (C=O) groups excluding carboxylic acids is 1. The lowest BCUT2D eigenvalue weighted by molar-refractivity contribution is -0.135. The summed E-state index contributed by atoms with van der Waals surface area (Å²) < 4.78 is 11.1. The van der Waals surface area contributed by atoms with Crippen molar-refractivity contribution in [3.8, 4) is 11.4 Å². The minimum absolute atomic E-state index is 0.129. The highest BCUT2D eigenvalue weighted by atomic mass is 16.5. The maximum absolute atomic E-state index is 12.4. The predicted molar refractivity (Wildman–Crippen MR) is 93.9 cm³/mol. The lowest BCUT2D eigenvalue weighted by Crippen LogP contribution is -2.43. The quantitative estimate of drug-likeness (QED) is 0.773. The first-order chi connectivity index (χ1) is 12.3. The van der Waals surface area contributed by atoms with Gasteiger partial charge in [-0.1, -0.05) is 42.4 Å². The van der Waals surface area contributed by atoms with Crippen LogP contribution in [0.25, 0.3) is 11.4 Å². The number of aromatic nitrogens is 2. The summed E-state index contributed by atoms with van der Waals surface area (Å²) in [5, 5.41) is 3.99. The highest BCUT2D eigenvalue weighted by Gasteiger charge is 2.24. The van der Waals surface area contributed by atoms with Crippen LogP contribution < -0.4 is 0 Å². The Balaban J connectivity index is 1.50. The highest BCUT2D eigenvalue weighted by Crippen LogP contribution is 2.17. The second-order valence-corrected chi connectivity index (χ2v) is 6.35. The minimum atomic E-state index is 0.129. The van der Waals surface area contributed by atoms with Crippen LogP contribution in [0.5, 0.6) is 0 Å². The third kappa shape index (κ3) is 4.89. The molecule has 0 unspecified atom stereocenters. The smallest absolute Gasteiger partial charge is 0.227 e. The average molecular weight is 343 g/mol. The van der Waals surface area contributed by atoms with Gasteiger partial charge in [0.05, 0.1) is 6.10 Å². The summed E-state index contributed by atoms with van der Waals surface area (Å²) >= 11 is 0. The fourth-order valence-electron chi connectivity index (χ4n) is 3.02. The molecule has 134 valence electrons. The van der Waals surface area contributed by atoms with Crippen LogP contribution in [-0.2, 0) is 16.0 Å². The molecular formula is C19H25N3O3. The standard InChI is InChI=1S/C19H25N3O3/c1-2-13-24-16-9-6-12-22(14-16)18(23)11-10-17-20-19(21-25-17)15-7-4-3-5-8-15/h3-5,7-8,16H,2,6,9-14H2,1H3/t16-/m0/s1. The molecule has 1 aromatic heterocycles. The van der Waals surface area contributed by atoms with Crippen molar-refractivity contribution in [3.05, 3.63) is 36.2 Å². The van der Waals surface area contributed by atoms with E-state index in [0.29, 0.717) is 31.1 Å². The number of hydrogen-bond acceptors (Lipinski definition) is 5. The molecule has 1 aliphatic rings. The molecule has 2 aromatic rings. The largest absolute Gasteiger partial charge is 0.376 e. The third-order valence-electron chi connectivity index (χ3n) is 4.34. The van der Waals surface area contributed by atoms with E-state index in [0.717, 1.165) is 38.0 Å². The summed E-state index contributed by atoms with van der Waals surface area (Å²) in [4.78, 5) is 18.7. The van der Waals surface area contributed by atoms with E-state index in [-0.39, 0.29) is 12.0 Å². The number of piperidine rings is 1. The molecule has 1 saturated heterocycles. The van der Waals surface area contributed by atoms with Gasteiger partial charge in [0.1, 0.15) is 0 Å². The van der Waals surface area contributed by atoms with Gasteiger partial charge >= 0.3 is 0 Å². The molecule has 0 aliphatic carbocycles. The molecule has 1 atom stereocenters. The Hall–Kier alpha value is -2.21. The van der Waals surface area contributed by atoms with Crippen molar-refractivity contribution >= 4 is 5.91 Å². The summed E-state index contributed by atoms with van der Waals surface area (Å²) in [5.74, 6) is 1.20. The van der Waals surface area contributed by atoms with E-state index in [2.05, 4.69) is 17.1 Å². The van der Waals surface area contributed by atoms with E-state index in [1.54, 1.807) is 0 Å². The van der Waals surface area contributed by atoms with Crippen LogP contribution in [0.1, 0.15) is 38.5 Å². The van der Waals surface area contributed by atoms with E-state index in [1.807, 2.05) is 35.2 Å². The number of nitrogens with zero attached hydrogens (tertiary/aromatic N) is 3. The van der Waals surface area contributed by atoms with Crippen molar-refractivity contribution in [2.45, 2.75) is 45.1 Å². The molecule has 0 saturated carbocycles. The monoisotopic (exact) mass is 343 g/mol. The normalized spacial score (nSPS) is 17.6. The molecule has 6 nitrogen and oxygen atoms in total. The maximum Gasteiger partial charge on any atom is 0.227 e. The maximum atomic E-state index is 12.4. The van der Waals surface area contributed by atoms with Gasteiger partial charge in [0.25, 0.3) is 0 Å². The SMILES string of the molecule is CCCO[C@H]1CCCN(C(=O)CCc2nc(-c3ccccc3)no2)C1. The van der Waals surface area contributed by atoms with E-state index in [9.17, 15) is 4.79 Å². The Labute approximate surface area is 148 Å². The van der Waals surface area contributed by atoms with E-state index in [4.69, 9.17) is 9.26 Å². The number of hydrogen-bond donors (Lipinski definition) is 0. The first-order valence-corrected chi connectivity index (χ1v) is 9.03. The van der Waals surface area contributed by atoms with Gasteiger partial charge in [0.2, 0.25) is 17.6 Å². The molecule has 1 amide bonds. The van der Waals surface area contributed by atoms with Crippen molar-refractivity contribution in [2.24, 2.45) is 0 Å². The second-order valence-electron chi connectivity index (χ2n) is 6.35. The molecule has 1 fully saturated rings. The topological polar surface area (TPSA) is 68.5 Å². The molecule has 0 N–H and O–H groups in total. The van der Waals surface area contributed by atoms with Gasteiger partial charge in [-0.25, -0.2) is 0 Å². The zero-order valence-corrected chi connectivity index (χ0v) is 14.7. The van der Waals surface area contributed by atoms with Gasteiger partial charge in [-0.15, -0.1) is 0 Å². The summed E-state index contributed by atoms with van der Waals surface area (Å²) in [6.45, 7) is 4.36. The first-order valence-electron chi connectivity index (χ1n) is 9.03. The first kappa shape index (κ1) is 17.6. The van der Waals surface area contributed by atoms with Gasteiger partial charge in [0, 0.05) is 38.1 Å². The van der Waals surface area contributed by atoms with Gasteiger partial charge in [0.15, 0.2) is 0 Å². The second kappa shape index (κ2) is 8.76. The lowest BCUT2D eigenvalue weighted by atomic mass is 10.1. The summed E-state index contributed by atoms with van der Waals surface area (Å²) in [6.07, 6.45) is 4.07. The molecule has 3 rings (SSSR count). The zero-order chi connectivity index (χ0) is 17.5. The third-order valence-corrected chi connectivity index (χ3v) is 4.34. The number of carbonyl (C=O) groups is 1. The van der Waals surface area contributed by atoms with Gasteiger partial charge in [-0.05, 0) is 19.3 Å². The van der Waals surface area contributed by atoms with Crippen molar-refractivity contribution < 1.29 is 14.1 Å². The van der Waals surface area contributed by atoms with Crippen LogP contribution in [-0.4, -0.2) is 46.7 Å². The number of rotatable bonds is 7. The van der Waals surface area contributed by atoms with Gasteiger partial charge in [-0.2, -0.15) is 4.98 Å². The molecule has 0 spiro atoms.